The minimum atomic E-state index is -4.66. The number of carbonyl (C=O) groups is 1. The van der Waals surface area contributed by atoms with E-state index < -0.39 is 28.8 Å². The van der Waals surface area contributed by atoms with Crippen molar-refractivity contribution in [1.29, 1.82) is 0 Å². The van der Waals surface area contributed by atoms with Crippen molar-refractivity contribution < 1.29 is 18.0 Å². The van der Waals surface area contributed by atoms with E-state index in [0.717, 1.165) is 23.2 Å². The van der Waals surface area contributed by atoms with E-state index in [9.17, 15) is 18.0 Å². The molecule has 2 aromatic heterocycles. The van der Waals surface area contributed by atoms with Crippen LogP contribution in [0.3, 0.4) is 0 Å². The third-order valence-electron chi connectivity index (χ3n) is 4.36. The quantitative estimate of drug-likeness (QED) is 0.886. The topological polar surface area (TPSA) is 64.7 Å². The van der Waals surface area contributed by atoms with Gasteiger partial charge in [-0.05, 0) is 26.7 Å². The molecule has 1 aliphatic carbocycles. The maximum absolute atomic E-state index is 13.1. The average Bonchev–Trinajstić information content (AvgIpc) is 3.23. The molecule has 2 aromatic rings. The van der Waals surface area contributed by atoms with E-state index >= 15 is 0 Å². The first-order valence-electron chi connectivity index (χ1n) is 7.75. The highest BCUT2D eigenvalue weighted by atomic mass is 35.5. The van der Waals surface area contributed by atoms with Crippen molar-refractivity contribution in [2.75, 3.05) is 5.32 Å². The Kier molecular flexibility index (Phi) is 4.30. The highest BCUT2D eigenvalue weighted by Crippen LogP contribution is 2.47. The molecule has 1 saturated carbocycles. The van der Waals surface area contributed by atoms with E-state index in [1.807, 2.05) is 0 Å². The standard InChI is InChI=1S/C15H17ClF3N5O/c1-7-10(6-20-23(7)3)21-14(25)8(2)24-12(9-4-5-9)11(16)13(22-24)15(17,18)19/h6,8-9H,4-5H2,1-3H3,(H,21,25). The molecule has 0 bridgehead atoms. The SMILES string of the molecule is Cc1c(NC(=O)C(C)n2nc(C(F)(F)F)c(Cl)c2C2CC2)cnn1C. The van der Waals surface area contributed by atoms with Crippen molar-refractivity contribution in [2.45, 2.75) is 44.8 Å². The Morgan fingerprint density at radius 1 is 1.44 bits per heavy atom. The zero-order valence-corrected chi connectivity index (χ0v) is 14.6. The van der Waals surface area contributed by atoms with Gasteiger partial charge in [0.2, 0.25) is 5.91 Å². The molecule has 136 valence electrons. The summed E-state index contributed by atoms with van der Waals surface area (Å²) in [6, 6.07) is -0.941. The fourth-order valence-electron chi connectivity index (χ4n) is 2.60. The van der Waals surface area contributed by atoms with E-state index in [4.69, 9.17) is 11.6 Å². The molecule has 25 heavy (non-hydrogen) atoms. The number of aromatic nitrogens is 4. The minimum Gasteiger partial charge on any atom is -0.321 e. The molecule has 1 amide bonds. The first-order valence-corrected chi connectivity index (χ1v) is 8.13. The molecule has 0 aromatic carbocycles. The predicted molar refractivity (Wildman–Crippen MR) is 85.5 cm³/mol. The van der Waals surface area contributed by atoms with Gasteiger partial charge in [0.15, 0.2) is 5.69 Å². The van der Waals surface area contributed by atoms with Gasteiger partial charge in [-0.1, -0.05) is 11.6 Å². The van der Waals surface area contributed by atoms with Crippen LogP contribution < -0.4 is 5.32 Å². The molecule has 0 saturated heterocycles. The van der Waals surface area contributed by atoms with Crippen molar-refractivity contribution >= 4 is 23.2 Å². The number of amides is 1. The summed E-state index contributed by atoms with van der Waals surface area (Å²) >= 11 is 5.94. The van der Waals surface area contributed by atoms with Crippen molar-refractivity contribution in [2.24, 2.45) is 7.05 Å². The lowest BCUT2D eigenvalue weighted by Crippen LogP contribution is -2.26. The second-order valence-corrected chi connectivity index (χ2v) is 6.57. The molecule has 0 radical (unpaired) electrons. The molecule has 1 fully saturated rings. The maximum atomic E-state index is 13.1. The average molecular weight is 376 g/mol. The number of nitrogens with zero attached hydrogens (tertiary/aromatic N) is 4. The molecule has 1 aliphatic rings. The Labute approximate surface area is 146 Å². The molecular formula is C15H17ClF3N5O. The monoisotopic (exact) mass is 375 g/mol. The van der Waals surface area contributed by atoms with Gasteiger partial charge in [-0.3, -0.25) is 14.2 Å². The highest BCUT2D eigenvalue weighted by Gasteiger charge is 2.43. The van der Waals surface area contributed by atoms with Gasteiger partial charge in [0, 0.05) is 13.0 Å². The van der Waals surface area contributed by atoms with Crippen LogP contribution in [0.4, 0.5) is 18.9 Å². The zero-order valence-electron chi connectivity index (χ0n) is 13.9. The van der Waals surface area contributed by atoms with E-state index in [1.54, 1.807) is 18.7 Å². The number of anilines is 1. The van der Waals surface area contributed by atoms with Gasteiger partial charge in [-0.15, -0.1) is 0 Å². The van der Waals surface area contributed by atoms with Gasteiger partial charge in [0.05, 0.1) is 28.3 Å². The van der Waals surface area contributed by atoms with Gasteiger partial charge in [-0.25, -0.2) is 0 Å². The van der Waals surface area contributed by atoms with Crippen molar-refractivity contribution in [1.82, 2.24) is 19.6 Å². The van der Waals surface area contributed by atoms with Crippen LogP contribution in [0, 0.1) is 6.92 Å². The number of alkyl halides is 3. The molecule has 1 N–H and O–H groups in total. The predicted octanol–water partition coefficient (Wildman–Crippen LogP) is 3.67. The van der Waals surface area contributed by atoms with Crippen LogP contribution in [-0.2, 0) is 18.0 Å². The lowest BCUT2D eigenvalue weighted by Gasteiger charge is -2.15. The Morgan fingerprint density at radius 3 is 2.56 bits per heavy atom. The summed E-state index contributed by atoms with van der Waals surface area (Å²) in [6.07, 6.45) is -1.71. The lowest BCUT2D eigenvalue weighted by molar-refractivity contribution is -0.141. The van der Waals surface area contributed by atoms with Crippen LogP contribution in [0.15, 0.2) is 6.20 Å². The first-order chi connectivity index (χ1) is 11.6. The van der Waals surface area contributed by atoms with Crippen molar-refractivity contribution in [3.05, 3.63) is 28.3 Å². The summed E-state index contributed by atoms with van der Waals surface area (Å²) in [5.74, 6) is -0.572. The summed E-state index contributed by atoms with van der Waals surface area (Å²) < 4.78 is 42.0. The molecule has 10 heteroatoms. The van der Waals surface area contributed by atoms with Crippen LogP contribution >= 0.6 is 11.6 Å². The maximum Gasteiger partial charge on any atom is 0.436 e. The van der Waals surface area contributed by atoms with Crippen molar-refractivity contribution in [3.63, 3.8) is 0 Å². The van der Waals surface area contributed by atoms with Crippen LogP contribution in [-0.4, -0.2) is 25.5 Å². The minimum absolute atomic E-state index is 0.0912. The fourth-order valence-corrected chi connectivity index (χ4v) is 2.98. The van der Waals surface area contributed by atoms with Crippen molar-refractivity contribution in [3.8, 4) is 0 Å². The first kappa shape index (κ1) is 17.8. The zero-order chi connectivity index (χ0) is 18.5. The molecule has 0 spiro atoms. The van der Waals surface area contributed by atoms with E-state index in [-0.39, 0.29) is 11.6 Å². The molecule has 0 aliphatic heterocycles. The number of rotatable bonds is 4. The Hall–Kier alpha value is -2.03. The van der Waals surface area contributed by atoms with Gasteiger partial charge in [-0.2, -0.15) is 23.4 Å². The van der Waals surface area contributed by atoms with E-state index in [2.05, 4.69) is 15.5 Å². The van der Waals surface area contributed by atoms with Crippen LogP contribution in [0.25, 0.3) is 0 Å². The molecule has 6 nitrogen and oxygen atoms in total. The summed E-state index contributed by atoms with van der Waals surface area (Å²) in [4.78, 5) is 12.5. The van der Waals surface area contributed by atoms with Crippen LogP contribution in [0.2, 0.25) is 5.02 Å². The van der Waals surface area contributed by atoms with Crippen LogP contribution in [0.5, 0.6) is 0 Å². The molecule has 3 rings (SSSR count). The number of halogens is 4. The Bertz CT molecular complexity index is 822. The number of nitrogens with one attached hydrogen (secondary N) is 1. The molecule has 1 atom stereocenters. The summed E-state index contributed by atoms with van der Waals surface area (Å²) in [5.41, 5.74) is 0.367. The summed E-state index contributed by atoms with van der Waals surface area (Å²) in [5, 5.41) is 9.89. The highest BCUT2D eigenvalue weighted by molar-refractivity contribution is 6.32. The van der Waals surface area contributed by atoms with E-state index in [1.165, 1.54) is 13.1 Å². The second kappa shape index (κ2) is 6.05. The number of aryl methyl sites for hydroxylation is 1. The van der Waals surface area contributed by atoms with E-state index in [0.29, 0.717) is 5.69 Å². The molecule has 1 unspecified atom stereocenters. The largest absolute Gasteiger partial charge is 0.436 e. The lowest BCUT2D eigenvalue weighted by atomic mass is 10.2. The number of carbonyl (C=O) groups excluding carboxylic acids is 1. The van der Waals surface area contributed by atoms with Gasteiger partial charge in [0.1, 0.15) is 6.04 Å². The molecular weight excluding hydrogens is 359 g/mol. The summed E-state index contributed by atoms with van der Waals surface area (Å²) in [6.45, 7) is 3.27. The van der Waals surface area contributed by atoms with Gasteiger partial charge < -0.3 is 5.32 Å². The van der Waals surface area contributed by atoms with Gasteiger partial charge in [0.25, 0.3) is 0 Å². The fraction of sp³-hybridized carbons (Fsp3) is 0.533. The Balaban J connectivity index is 1.92. The third-order valence-corrected chi connectivity index (χ3v) is 4.73. The summed E-state index contributed by atoms with van der Waals surface area (Å²) in [7, 11) is 1.72. The van der Waals surface area contributed by atoms with Gasteiger partial charge >= 0.3 is 6.18 Å². The Morgan fingerprint density at radius 2 is 2.08 bits per heavy atom. The third kappa shape index (κ3) is 3.24. The smallest absolute Gasteiger partial charge is 0.321 e. The van der Waals surface area contributed by atoms with Crippen LogP contribution in [0.1, 0.15) is 48.8 Å². The molecule has 2 heterocycles. The number of hydrogen-bond acceptors (Lipinski definition) is 3. The number of hydrogen-bond donors (Lipinski definition) is 1. The normalized spacial score (nSPS) is 16.1. The second-order valence-electron chi connectivity index (χ2n) is 6.20.